The van der Waals surface area contributed by atoms with E-state index in [4.69, 9.17) is 11.6 Å². The molecule has 0 aliphatic heterocycles. The van der Waals surface area contributed by atoms with E-state index in [1.54, 1.807) is 24.3 Å². The second-order valence-electron chi connectivity index (χ2n) is 5.13. The summed E-state index contributed by atoms with van der Waals surface area (Å²) >= 11 is 5.76. The minimum absolute atomic E-state index is 0.0962. The molecule has 0 aliphatic carbocycles. The summed E-state index contributed by atoms with van der Waals surface area (Å²) in [4.78, 5) is 4.21. The number of hydrogen-bond acceptors (Lipinski definition) is 4. The van der Waals surface area contributed by atoms with Gasteiger partial charge >= 0.3 is 0 Å². The largest absolute Gasteiger partial charge is 0.340 e. The first-order valence-corrected chi connectivity index (χ1v) is 9.05. The van der Waals surface area contributed by atoms with Gasteiger partial charge in [0.2, 0.25) is 0 Å². The fraction of sp³-hybridized carbons (Fsp3) is 0. The summed E-state index contributed by atoms with van der Waals surface area (Å²) < 4.78 is 40.2. The van der Waals surface area contributed by atoms with Crippen molar-refractivity contribution in [1.29, 1.82) is 0 Å². The van der Waals surface area contributed by atoms with Crippen molar-refractivity contribution >= 4 is 38.8 Å². The van der Waals surface area contributed by atoms with Crippen molar-refractivity contribution in [2.24, 2.45) is 0 Å². The van der Waals surface area contributed by atoms with Crippen molar-refractivity contribution in [3.63, 3.8) is 0 Å². The minimum atomic E-state index is -3.73. The molecule has 0 aliphatic rings. The Kier molecular flexibility index (Phi) is 4.87. The Labute approximate surface area is 149 Å². The molecule has 0 radical (unpaired) electrons. The van der Waals surface area contributed by atoms with Crippen LogP contribution in [0.3, 0.4) is 0 Å². The van der Waals surface area contributed by atoms with Crippen LogP contribution in [0.4, 0.5) is 21.6 Å². The summed E-state index contributed by atoms with van der Waals surface area (Å²) in [5.41, 5.74) is 0.849. The first kappa shape index (κ1) is 17.2. The van der Waals surface area contributed by atoms with Gasteiger partial charge in [-0.2, -0.15) is 0 Å². The van der Waals surface area contributed by atoms with Crippen molar-refractivity contribution in [2.45, 2.75) is 4.90 Å². The third kappa shape index (κ3) is 4.46. The SMILES string of the molecule is O=S(=O)(Nc1ccc(Nc2cccc(F)c2)nc1)c1ccc(Cl)cc1. The number of rotatable bonds is 5. The standard InChI is InChI=1S/C17H13ClFN3O2S/c18-12-4-7-16(8-5-12)25(23,24)22-15-6-9-17(20-11-15)21-14-3-1-2-13(19)10-14/h1-11,22H,(H,20,21). The van der Waals surface area contributed by atoms with Crippen LogP contribution in [0.25, 0.3) is 0 Å². The number of nitrogens with zero attached hydrogens (tertiary/aromatic N) is 1. The predicted molar refractivity (Wildman–Crippen MR) is 96.2 cm³/mol. The molecular formula is C17H13ClFN3O2S. The van der Waals surface area contributed by atoms with Crippen LogP contribution in [0, 0.1) is 5.82 Å². The fourth-order valence-electron chi connectivity index (χ4n) is 2.07. The normalized spacial score (nSPS) is 11.1. The summed E-state index contributed by atoms with van der Waals surface area (Å²) in [6.45, 7) is 0. The zero-order chi connectivity index (χ0) is 17.9. The maximum absolute atomic E-state index is 13.2. The second kappa shape index (κ2) is 7.08. The number of aromatic nitrogens is 1. The quantitative estimate of drug-likeness (QED) is 0.690. The molecule has 0 spiro atoms. The molecule has 8 heteroatoms. The summed E-state index contributed by atoms with van der Waals surface area (Å²) in [7, 11) is -3.73. The van der Waals surface area contributed by atoms with E-state index in [9.17, 15) is 12.8 Å². The molecule has 0 unspecified atom stereocenters. The number of nitrogens with one attached hydrogen (secondary N) is 2. The molecule has 0 amide bonds. The molecule has 0 saturated heterocycles. The maximum Gasteiger partial charge on any atom is 0.261 e. The van der Waals surface area contributed by atoms with Crippen LogP contribution < -0.4 is 10.0 Å². The maximum atomic E-state index is 13.2. The zero-order valence-corrected chi connectivity index (χ0v) is 14.4. The number of anilines is 3. The summed E-state index contributed by atoms with van der Waals surface area (Å²) in [5.74, 6) is 0.0948. The van der Waals surface area contributed by atoms with Gasteiger partial charge in [-0.15, -0.1) is 0 Å². The van der Waals surface area contributed by atoms with Gasteiger partial charge in [0.25, 0.3) is 10.0 Å². The third-order valence-corrected chi connectivity index (χ3v) is 4.89. The molecule has 3 rings (SSSR count). The van der Waals surface area contributed by atoms with E-state index >= 15 is 0 Å². The molecule has 0 saturated carbocycles. The smallest absolute Gasteiger partial charge is 0.261 e. The molecular weight excluding hydrogens is 365 g/mol. The lowest BCUT2D eigenvalue weighted by Gasteiger charge is -2.09. The van der Waals surface area contributed by atoms with Gasteiger partial charge in [0, 0.05) is 10.7 Å². The molecule has 1 heterocycles. The lowest BCUT2D eigenvalue weighted by atomic mass is 10.3. The van der Waals surface area contributed by atoms with Crippen LogP contribution in [0.15, 0.2) is 71.8 Å². The van der Waals surface area contributed by atoms with Crippen LogP contribution in [0.5, 0.6) is 0 Å². The van der Waals surface area contributed by atoms with Gasteiger partial charge in [0.05, 0.1) is 16.8 Å². The Hall–Kier alpha value is -2.64. The average molecular weight is 378 g/mol. The fourth-order valence-corrected chi connectivity index (χ4v) is 3.24. The highest BCUT2D eigenvalue weighted by Gasteiger charge is 2.14. The van der Waals surface area contributed by atoms with Crippen LogP contribution in [-0.4, -0.2) is 13.4 Å². The molecule has 0 fully saturated rings. The first-order chi connectivity index (χ1) is 11.9. The van der Waals surface area contributed by atoms with Gasteiger partial charge in [-0.3, -0.25) is 4.72 Å². The van der Waals surface area contributed by atoms with Crippen LogP contribution in [0.2, 0.25) is 5.02 Å². The van der Waals surface area contributed by atoms with E-state index in [0.717, 1.165) is 0 Å². The number of pyridine rings is 1. The van der Waals surface area contributed by atoms with E-state index in [2.05, 4.69) is 15.0 Å². The average Bonchev–Trinajstić information content (AvgIpc) is 2.57. The monoisotopic (exact) mass is 377 g/mol. The molecule has 0 bridgehead atoms. The van der Waals surface area contributed by atoms with Crippen molar-refractivity contribution in [3.05, 3.63) is 77.7 Å². The minimum Gasteiger partial charge on any atom is -0.340 e. The Morgan fingerprint density at radius 3 is 2.36 bits per heavy atom. The lowest BCUT2D eigenvalue weighted by molar-refractivity contribution is 0.601. The summed E-state index contributed by atoms with van der Waals surface area (Å²) in [5, 5.41) is 3.38. The van der Waals surface area contributed by atoms with E-state index in [1.807, 2.05) is 0 Å². The zero-order valence-electron chi connectivity index (χ0n) is 12.8. The van der Waals surface area contributed by atoms with Crippen molar-refractivity contribution < 1.29 is 12.8 Å². The van der Waals surface area contributed by atoms with Gasteiger partial charge in [-0.1, -0.05) is 17.7 Å². The topological polar surface area (TPSA) is 71.1 Å². The first-order valence-electron chi connectivity index (χ1n) is 7.19. The van der Waals surface area contributed by atoms with Gasteiger partial charge in [0.1, 0.15) is 11.6 Å². The van der Waals surface area contributed by atoms with E-state index in [0.29, 0.717) is 22.2 Å². The molecule has 2 aromatic carbocycles. The Bertz CT molecular complexity index is 978. The van der Waals surface area contributed by atoms with E-state index in [-0.39, 0.29) is 10.7 Å². The molecule has 5 nitrogen and oxygen atoms in total. The number of hydrogen-bond donors (Lipinski definition) is 2. The number of benzene rings is 2. The molecule has 25 heavy (non-hydrogen) atoms. The van der Waals surface area contributed by atoms with Gasteiger partial charge < -0.3 is 5.32 Å². The van der Waals surface area contributed by atoms with E-state index in [1.165, 1.54) is 42.6 Å². The van der Waals surface area contributed by atoms with Crippen LogP contribution in [-0.2, 0) is 10.0 Å². The molecule has 2 N–H and O–H groups in total. The van der Waals surface area contributed by atoms with Crippen LogP contribution >= 0.6 is 11.6 Å². The molecule has 0 atom stereocenters. The van der Waals surface area contributed by atoms with Crippen molar-refractivity contribution in [3.8, 4) is 0 Å². The Morgan fingerprint density at radius 2 is 1.72 bits per heavy atom. The third-order valence-electron chi connectivity index (χ3n) is 3.24. The van der Waals surface area contributed by atoms with Crippen LogP contribution in [0.1, 0.15) is 0 Å². The highest BCUT2D eigenvalue weighted by atomic mass is 35.5. The van der Waals surface area contributed by atoms with Gasteiger partial charge in [-0.25, -0.2) is 17.8 Å². The number of halogens is 2. The molecule has 3 aromatic rings. The number of sulfonamides is 1. The predicted octanol–water partition coefficient (Wildman–Crippen LogP) is 4.42. The second-order valence-corrected chi connectivity index (χ2v) is 7.25. The Morgan fingerprint density at radius 1 is 0.960 bits per heavy atom. The van der Waals surface area contributed by atoms with E-state index < -0.39 is 10.0 Å². The lowest BCUT2D eigenvalue weighted by Crippen LogP contribution is -2.13. The summed E-state index contributed by atoms with van der Waals surface area (Å²) in [6.07, 6.45) is 1.37. The highest BCUT2D eigenvalue weighted by Crippen LogP contribution is 2.20. The van der Waals surface area contributed by atoms with Gasteiger partial charge in [-0.05, 0) is 54.6 Å². The summed E-state index contributed by atoms with van der Waals surface area (Å²) in [6, 6.07) is 14.9. The molecule has 128 valence electrons. The highest BCUT2D eigenvalue weighted by molar-refractivity contribution is 7.92. The van der Waals surface area contributed by atoms with Gasteiger partial charge in [0.15, 0.2) is 0 Å². The van der Waals surface area contributed by atoms with Crippen molar-refractivity contribution in [1.82, 2.24) is 4.98 Å². The molecule has 1 aromatic heterocycles. The Balaban J connectivity index is 1.73. The van der Waals surface area contributed by atoms with Crippen molar-refractivity contribution in [2.75, 3.05) is 10.0 Å².